The van der Waals surface area contributed by atoms with E-state index in [2.05, 4.69) is 23.6 Å². The molecule has 0 aromatic heterocycles. The average molecular weight is 253 g/mol. The van der Waals surface area contributed by atoms with E-state index >= 15 is 0 Å². The van der Waals surface area contributed by atoms with Crippen molar-refractivity contribution in [3.8, 4) is 0 Å². The SMILES string of the molecule is CC(CNC1CC1)NCCc1cccc(Cl)c1. The van der Waals surface area contributed by atoms with E-state index in [-0.39, 0.29) is 0 Å². The van der Waals surface area contributed by atoms with Crippen LogP contribution in [0.25, 0.3) is 0 Å². The molecule has 0 radical (unpaired) electrons. The van der Waals surface area contributed by atoms with Crippen LogP contribution in [0.4, 0.5) is 0 Å². The van der Waals surface area contributed by atoms with Crippen LogP contribution in [0.5, 0.6) is 0 Å². The number of hydrogen-bond donors (Lipinski definition) is 2. The minimum absolute atomic E-state index is 0.537. The normalized spacial score (nSPS) is 17.1. The first-order valence-electron chi connectivity index (χ1n) is 6.45. The van der Waals surface area contributed by atoms with Crippen molar-refractivity contribution >= 4 is 11.6 Å². The summed E-state index contributed by atoms with van der Waals surface area (Å²) >= 11 is 5.95. The highest BCUT2D eigenvalue weighted by Crippen LogP contribution is 2.18. The largest absolute Gasteiger partial charge is 0.313 e. The molecule has 0 amide bonds. The Bertz CT molecular complexity index is 350. The quantitative estimate of drug-likeness (QED) is 0.780. The lowest BCUT2D eigenvalue weighted by Gasteiger charge is -2.14. The Hall–Kier alpha value is -0.570. The van der Waals surface area contributed by atoms with Crippen LogP contribution in [0.15, 0.2) is 24.3 Å². The van der Waals surface area contributed by atoms with Crippen molar-refractivity contribution in [2.75, 3.05) is 13.1 Å². The molecule has 2 nitrogen and oxygen atoms in total. The molecule has 1 aliphatic carbocycles. The predicted molar refractivity (Wildman–Crippen MR) is 73.6 cm³/mol. The van der Waals surface area contributed by atoms with Gasteiger partial charge in [0, 0.05) is 23.7 Å². The van der Waals surface area contributed by atoms with E-state index in [1.807, 2.05) is 18.2 Å². The zero-order valence-electron chi connectivity index (χ0n) is 10.4. The lowest BCUT2D eigenvalue weighted by atomic mass is 10.1. The molecule has 1 aromatic carbocycles. The molecular weight excluding hydrogens is 232 g/mol. The molecule has 0 spiro atoms. The van der Waals surface area contributed by atoms with Gasteiger partial charge in [-0.3, -0.25) is 0 Å². The summed E-state index contributed by atoms with van der Waals surface area (Å²) in [6, 6.07) is 9.43. The van der Waals surface area contributed by atoms with E-state index in [9.17, 15) is 0 Å². The van der Waals surface area contributed by atoms with Crippen LogP contribution in [-0.2, 0) is 6.42 Å². The molecule has 1 atom stereocenters. The molecule has 1 unspecified atom stereocenters. The summed E-state index contributed by atoms with van der Waals surface area (Å²) in [6.07, 6.45) is 3.75. The van der Waals surface area contributed by atoms with E-state index < -0.39 is 0 Å². The van der Waals surface area contributed by atoms with E-state index in [0.29, 0.717) is 6.04 Å². The van der Waals surface area contributed by atoms with Gasteiger partial charge in [0.2, 0.25) is 0 Å². The Kier molecular flexibility index (Phi) is 4.84. The van der Waals surface area contributed by atoms with Gasteiger partial charge in [-0.2, -0.15) is 0 Å². The van der Waals surface area contributed by atoms with Crippen molar-refractivity contribution in [1.29, 1.82) is 0 Å². The number of nitrogens with one attached hydrogen (secondary N) is 2. The van der Waals surface area contributed by atoms with Crippen molar-refractivity contribution in [2.45, 2.75) is 38.3 Å². The van der Waals surface area contributed by atoms with E-state index in [0.717, 1.165) is 30.6 Å². The molecule has 1 aromatic rings. The highest BCUT2D eigenvalue weighted by atomic mass is 35.5. The van der Waals surface area contributed by atoms with E-state index in [1.165, 1.54) is 18.4 Å². The first-order chi connectivity index (χ1) is 8.24. The summed E-state index contributed by atoms with van der Waals surface area (Å²) in [7, 11) is 0. The second-order valence-electron chi connectivity index (χ2n) is 4.92. The van der Waals surface area contributed by atoms with Crippen LogP contribution in [0.2, 0.25) is 5.02 Å². The lowest BCUT2D eigenvalue weighted by Crippen LogP contribution is -2.38. The first kappa shape index (κ1) is 12.9. The Morgan fingerprint density at radius 2 is 2.24 bits per heavy atom. The molecule has 17 heavy (non-hydrogen) atoms. The van der Waals surface area contributed by atoms with Gasteiger partial charge in [-0.15, -0.1) is 0 Å². The standard InChI is InChI=1S/C14H21ClN2/c1-11(10-17-14-5-6-14)16-8-7-12-3-2-4-13(15)9-12/h2-4,9,11,14,16-17H,5-8,10H2,1H3. The third-order valence-electron chi connectivity index (χ3n) is 3.09. The summed E-state index contributed by atoms with van der Waals surface area (Å²) in [6.45, 7) is 4.31. The van der Waals surface area contributed by atoms with Gasteiger partial charge in [0.1, 0.15) is 0 Å². The van der Waals surface area contributed by atoms with Crippen molar-refractivity contribution < 1.29 is 0 Å². The molecule has 0 bridgehead atoms. The molecule has 0 saturated heterocycles. The van der Waals surface area contributed by atoms with Crippen LogP contribution in [0.3, 0.4) is 0 Å². The molecule has 3 heteroatoms. The summed E-state index contributed by atoms with van der Waals surface area (Å²) < 4.78 is 0. The molecule has 0 heterocycles. The second-order valence-corrected chi connectivity index (χ2v) is 5.35. The lowest BCUT2D eigenvalue weighted by molar-refractivity contribution is 0.503. The average Bonchev–Trinajstić information content (AvgIpc) is 3.10. The maximum Gasteiger partial charge on any atom is 0.0408 e. The van der Waals surface area contributed by atoms with Crippen LogP contribution in [0, 0.1) is 0 Å². The van der Waals surface area contributed by atoms with Gasteiger partial charge in [0.05, 0.1) is 0 Å². The molecule has 0 aliphatic heterocycles. The molecule has 2 rings (SSSR count). The highest BCUT2D eigenvalue weighted by Gasteiger charge is 2.20. The number of halogens is 1. The van der Waals surface area contributed by atoms with Crippen LogP contribution < -0.4 is 10.6 Å². The Labute approximate surface area is 109 Å². The summed E-state index contributed by atoms with van der Waals surface area (Å²) in [4.78, 5) is 0. The van der Waals surface area contributed by atoms with Gasteiger partial charge in [-0.05, 0) is 50.4 Å². The van der Waals surface area contributed by atoms with Gasteiger partial charge >= 0.3 is 0 Å². The van der Waals surface area contributed by atoms with E-state index in [1.54, 1.807) is 0 Å². The Morgan fingerprint density at radius 1 is 1.41 bits per heavy atom. The number of benzene rings is 1. The third kappa shape index (κ3) is 5.07. The smallest absolute Gasteiger partial charge is 0.0408 e. The fourth-order valence-electron chi connectivity index (χ4n) is 1.86. The van der Waals surface area contributed by atoms with Gasteiger partial charge in [-0.1, -0.05) is 23.7 Å². The molecule has 94 valence electrons. The minimum Gasteiger partial charge on any atom is -0.313 e. The zero-order valence-corrected chi connectivity index (χ0v) is 11.1. The van der Waals surface area contributed by atoms with Gasteiger partial charge in [0.15, 0.2) is 0 Å². The summed E-state index contributed by atoms with van der Waals surface area (Å²) in [5, 5.41) is 7.88. The highest BCUT2D eigenvalue weighted by molar-refractivity contribution is 6.30. The van der Waals surface area contributed by atoms with Crippen LogP contribution in [-0.4, -0.2) is 25.2 Å². The fraction of sp³-hybridized carbons (Fsp3) is 0.571. The molecule has 1 aliphatic rings. The summed E-state index contributed by atoms with van der Waals surface area (Å²) in [5.41, 5.74) is 1.30. The monoisotopic (exact) mass is 252 g/mol. The fourth-order valence-corrected chi connectivity index (χ4v) is 2.07. The maximum atomic E-state index is 5.95. The molecule has 2 N–H and O–H groups in total. The topological polar surface area (TPSA) is 24.1 Å². The first-order valence-corrected chi connectivity index (χ1v) is 6.83. The van der Waals surface area contributed by atoms with Crippen LogP contribution in [0.1, 0.15) is 25.3 Å². The van der Waals surface area contributed by atoms with Gasteiger partial charge in [-0.25, -0.2) is 0 Å². The third-order valence-corrected chi connectivity index (χ3v) is 3.32. The van der Waals surface area contributed by atoms with Crippen LogP contribution >= 0.6 is 11.6 Å². The van der Waals surface area contributed by atoms with Gasteiger partial charge < -0.3 is 10.6 Å². The predicted octanol–water partition coefficient (Wildman–Crippen LogP) is 2.61. The van der Waals surface area contributed by atoms with Crippen molar-refractivity contribution in [2.24, 2.45) is 0 Å². The second kappa shape index (κ2) is 6.39. The van der Waals surface area contributed by atoms with Gasteiger partial charge in [0.25, 0.3) is 0 Å². The zero-order chi connectivity index (χ0) is 12.1. The molecular formula is C14H21ClN2. The number of hydrogen-bond acceptors (Lipinski definition) is 2. The van der Waals surface area contributed by atoms with E-state index in [4.69, 9.17) is 11.6 Å². The molecule has 1 fully saturated rings. The summed E-state index contributed by atoms with van der Waals surface area (Å²) in [5.74, 6) is 0. The Balaban J connectivity index is 1.61. The van der Waals surface area contributed by atoms with Crippen molar-refractivity contribution in [3.63, 3.8) is 0 Å². The Morgan fingerprint density at radius 3 is 2.94 bits per heavy atom. The van der Waals surface area contributed by atoms with Crippen molar-refractivity contribution in [3.05, 3.63) is 34.9 Å². The number of rotatable bonds is 7. The molecule has 1 saturated carbocycles. The van der Waals surface area contributed by atoms with Crippen molar-refractivity contribution in [1.82, 2.24) is 10.6 Å². The maximum absolute atomic E-state index is 5.95. The minimum atomic E-state index is 0.537.